The van der Waals surface area contributed by atoms with Crippen LogP contribution in [0.5, 0.6) is 0 Å². The SMILES string of the molecule is Cc1ncsc1CNC(=O)c1ccc(I)c(Cl)c1. The molecule has 94 valence electrons. The molecule has 0 aliphatic rings. The van der Waals surface area contributed by atoms with Crippen molar-refractivity contribution in [3.8, 4) is 0 Å². The Morgan fingerprint density at radius 2 is 2.33 bits per heavy atom. The van der Waals surface area contributed by atoms with E-state index in [1.807, 2.05) is 13.0 Å². The van der Waals surface area contributed by atoms with Crippen LogP contribution in [0.3, 0.4) is 0 Å². The summed E-state index contributed by atoms with van der Waals surface area (Å²) in [6.45, 7) is 2.43. The number of nitrogens with zero attached hydrogens (tertiary/aromatic N) is 1. The fraction of sp³-hybridized carbons (Fsp3) is 0.167. The quantitative estimate of drug-likeness (QED) is 0.810. The van der Waals surface area contributed by atoms with Gasteiger partial charge in [0.25, 0.3) is 5.91 Å². The first-order chi connectivity index (χ1) is 8.58. The molecule has 0 aliphatic heterocycles. The van der Waals surface area contributed by atoms with Gasteiger partial charge in [0.2, 0.25) is 0 Å². The van der Waals surface area contributed by atoms with Crippen LogP contribution in [0.1, 0.15) is 20.9 Å². The lowest BCUT2D eigenvalue weighted by Crippen LogP contribution is -2.22. The van der Waals surface area contributed by atoms with Gasteiger partial charge in [-0.1, -0.05) is 11.6 Å². The first kappa shape index (κ1) is 13.8. The van der Waals surface area contributed by atoms with Gasteiger partial charge in [-0.2, -0.15) is 0 Å². The van der Waals surface area contributed by atoms with Crippen molar-refractivity contribution in [2.45, 2.75) is 13.5 Å². The van der Waals surface area contributed by atoms with E-state index in [2.05, 4.69) is 32.9 Å². The molecule has 0 fully saturated rings. The van der Waals surface area contributed by atoms with E-state index in [4.69, 9.17) is 11.6 Å². The number of aromatic nitrogens is 1. The minimum absolute atomic E-state index is 0.124. The lowest BCUT2D eigenvalue weighted by atomic mass is 10.2. The summed E-state index contributed by atoms with van der Waals surface area (Å²) in [5, 5.41) is 3.45. The van der Waals surface area contributed by atoms with Gasteiger partial charge in [-0.05, 0) is 47.7 Å². The third-order valence-corrected chi connectivity index (χ3v) is 4.94. The van der Waals surface area contributed by atoms with Crippen LogP contribution in [0.25, 0.3) is 0 Å². The molecule has 0 unspecified atom stereocenters. The Bertz CT molecular complexity index is 585. The Labute approximate surface area is 128 Å². The van der Waals surface area contributed by atoms with E-state index in [0.717, 1.165) is 14.1 Å². The van der Waals surface area contributed by atoms with Gasteiger partial charge in [-0.3, -0.25) is 4.79 Å². The van der Waals surface area contributed by atoms with Crippen LogP contribution in [0, 0.1) is 10.5 Å². The van der Waals surface area contributed by atoms with Crippen LogP contribution >= 0.6 is 45.5 Å². The Morgan fingerprint density at radius 1 is 1.56 bits per heavy atom. The largest absolute Gasteiger partial charge is 0.347 e. The molecule has 0 spiro atoms. The second kappa shape index (κ2) is 5.99. The number of carbonyl (C=O) groups is 1. The Morgan fingerprint density at radius 3 is 2.94 bits per heavy atom. The van der Waals surface area contributed by atoms with Crippen molar-refractivity contribution in [1.82, 2.24) is 10.3 Å². The molecule has 18 heavy (non-hydrogen) atoms. The number of thiazole rings is 1. The molecular weight excluding hydrogens is 383 g/mol. The van der Waals surface area contributed by atoms with Crippen LogP contribution in [0.4, 0.5) is 0 Å². The minimum Gasteiger partial charge on any atom is -0.347 e. The zero-order chi connectivity index (χ0) is 13.1. The Kier molecular flexibility index (Phi) is 4.58. The number of hydrogen-bond donors (Lipinski definition) is 1. The fourth-order valence-corrected chi connectivity index (χ4v) is 2.63. The lowest BCUT2D eigenvalue weighted by molar-refractivity contribution is 0.0951. The number of amides is 1. The van der Waals surface area contributed by atoms with E-state index in [9.17, 15) is 4.79 Å². The molecule has 1 heterocycles. The molecule has 0 saturated carbocycles. The van der Waals surface area contributed by atoms with E-state index < -0.39 is 0 Å². The molecule has 0 radical (unpaired) electrons. The highest BCUT2D eigenvalue weighted by molar-refractivity contribution is 14.1. The monoisotopic (exact) mass is 392 g/mol. The summed E-state index contributed by atoms with van der Waals surface area (Å²) < 4.78 is 0.934. The maximum atomic E-state index is 11.9. The van der Waals surface area contributed by atoms with Crippen molar-refractivity contribution < 1.29 is 4.79 Å². The second-order valence-electron chi connectivity index (χ2n) is 3.67. The van der Waals surface area contributed by atoms with E-state index in [0.29, 0.717) is 17.1 Å². The zero-order valence-electron chi connectivity index (χ0n) is 9.54. The maximum absolute atomic E-state index is 11.9. The van der Waals surface area contributed by atoms with E-state index >= 15 is 0 Å². The first-order valence-corrected chi connectivity index (χ1v) is 7.54. The predicted molar refractivity (Wildman–Crippen MR) is 82.2 cm³/mol. The van der Waals surface area contributed by atoms with E-state index in [1.54, 1.807) is 17.6 Å². The third kappa shape index (κ3) is 3.21. The highest BCUT2D eigenvalue weighted by Crippen LogP contribution is 2.19. The van der Waals surface area contributed by atoms with E-state index in [-0.39, 0.29) is 5.91 Å². The highest BCUT2D eigenvalue weighted by Gasteiger charge is 2.09. The van der Waals surface area contributed by atoms with Crippen LogP contribution in [0.15, 0.2) is 23.7 Å². The third-order valence-electron chi connectivity index (χ3n) is 2.44. The van der Waals surface area contributed by atoms with Gasteiger partial charge < -0.3 is 5.32 Å². The molecule has 2 rings (SSSR count). The van der Waals surface area contributed by atoms with Crippen molar-refractivity contribution in [3.63, 3.8) is 0 Å². The molecule has 1 N–H and O–H groups in total. The molecule has 1 aromatic carbocycles. The summed E-state index contributed by atoms with van der Waals surface area (Å²) in [6.07, 6.45) is 0. The van der Waals surface area contributed by atoms with Crippen molar-refractivity contribution in [2.75, 3.05) is 0 Å². The van der Waals surface area contributed by atoms with Crippen molar-refractivity contribution in [3.05, 3.63) is 48.4 Å². The number of halogens is 2. The zero-order valence-corrected chi connectivity index (χ0v) is 13.3. The van der Waals surface area contributed by atoms with Gasteiger partial charge in [0.15, 0.2) is 0 Å². The van der Waals surface area contributed by atoms with E-state index in [1.165, 1.54) is 11.3 Å². The summed E-state index contributed by atoms with van der Waals surface area (Å²) in [5.74, 6) is -0.124. The number of benzene rings is 1. The van der Waals surface area contributed by atoms with Crippen LogP contribution in [-0.2, 0) is 6.54 Å². The number of aryl methyl sites for hydroxylation is 1. The molecule has 3 nitrogen and oxygen atoms in total. The molecule has 0 atom stereocenters. The number of nitrogens with one attached hydrogen (secondary N) is 1. The number of rotatable bonds is 3. The van der Waals surface area contributed by atoms with Crippen molar-refractivity contribution in [2.24, 2.45) is 0 Å². The second-order valence-corrected chi connectivity index (χ2v) is 6.18. The molecule has 0 bridgehead atoms. The van der Waals surface area contributed by atoms with Crippen molar-refractivity contribution >= 4 is 51.4 Å². The topological polar surface area (TPSA) is 42.0 Å². The average molecular weight is 393 g/mol. The van der Waals surface area contributed by atoms with Gasteiger partial charge >= 0.3 is 0 Å². The molecule has 6 heteroatoms. The average Bonchev–Trinajstić information content (AvgIpc) is 2.75. The van der Waals surface area contributed by atoms with Crippen LogP contribution < -0.4 is 5.32 Å². The lowest BCUT2D eigenvalue weighted by Gasteiger charge is -2.05. The summed E-state index contributed by atoms with van der Waals surface area (Å²) >= 11 is 9.65. The predicted octanol–water partition coefficient (Wildman–Crippen LogP) is 3.64. The van der Waals surface area contributed by atoms with Gasteiger partial charge in [-0.25, -0.2) is 4.98 Å². The molecule has 0 aliphatic carbocycles. The fourth-order valence-electron chi connectivity index (χ4n) is 1.40. The van der Waals surface area contributed by atoms with Crippen molar-refractivity contribution in [1.29, 1.82) is 0 Å². The highest BCUT2D eigenvalue weighted by atomic mass is 127. The summed E-state index contributed by atoms with van der Waals surface area (Å²) in [4.78, 5) is 17.1. The normalized spacial score (nSPS) is 10.4. The standard InChI is InChI=1S/C12H10ClIN2OS/c1-7-11(18-6-16-7)5-15-12(17)8-2-3-10(14)9(13)4-8/h2-4,6H,5H2,1H3,(H,15,17). The summed E-state index contributed by atoms with van der Waals surface area (Å²) in [7, 11) is 0. The van der Waals surface area contributed by atoms with Crippen LogP contribution in [-0.4, -0.2) is 10.9 Å². The van der Waals surface area contributed by atoms with Gasteiger partial charge in [-0.15, -0.1) is 11.3 Å². The van der Waals surface area contributed by atoms with Gasteiger partial charge in [0.05, 0.1) is 22.8 Å². The number of hydrogen-bond acceptors (Lipinski definition) is 3. The molecule has 0 saturated heterocycles. The molecular formula is C12H10ClIN2OS. The minimum atomic E-state index is -0.124. The Balaban J connectivity index is 2.04. The van der Waals surface area contributed by atoms with Gasteiger partial charge in [0.1, 0.15) is 0 Å². The summed E-state index contributed by atoms with van der Waals surface area (Å²) in [6, 6.07) is 5.27. The molecule has 1 amide bonds. The first-order valence-electron chi connectivity index (χ1n) is 5.20. The van der Waals surface area contributed by atoms with Crippen LogP contribution in [0.2, 0.25) is 5.02 Å². The Hall–Kier alpha value is -0.660. The summed E-state index contributed by atoms with van der Waals surface area (Å²) in [5.41, 5.74) is 3.31. The molecule has 1 aromatic heterocycles. The maximum Gasteiger partial charge on any atom is 0.251 e. The molecule has 2 aromatic rings. The smallest absolute Gasteiger partial charge is 0.251 e. The van der Waals surface area contributed by atoms with Gasteiger partial charge in [0, 0.05) is 14.0 Å². The number of carbonyl (C=O) groups excluding carboxylic acids is 1.